The van der Waals surface area contributed by atoms with Crippen LogP contribution >= 0.6 is 11.6 Å². The van der Waals surface area contributed by atoms with E-state index >= 15 is 0 Å². The van der Waals surface area contributed by atoms with Crippen molar-refractivity contribution in [2.45, 2.75) is 19.3 Å². The Balaban J connectivity index is 1.89. The van der Waals surface area contributed by atoms with E-state index in [4.69, 9.17) is 16.3 Å². The third kappa shape index (κ3) is 2.31. The number of esters is 2. The van der Waals surface area contributed by atoms with Crippen LogP contribution in [0.3, 0.4) is 0 Å². The Morgan fingerprint density at radius 1 is 1.55 bits per heavy atom. The van der Waals surface area contributed by atoms with Crippen LogP contribution in [-0.2, 0) is 20.7 Å². The quantitative estimate of drug-likeness (QED) is 0.634. The zero-order valence-electron chi connectivity index (χ0n) is 12.4. The first-order chi connectivity index (χ1) is 10.5. The normalized spacial score (nSPS) is 26.7. The summed E-state index contributed by atoms with van der Waals surface area (Å²) in [5.41, 5.74) is 1.81. The molecule has 2 unspecified atom stereocenters. The molecule has 1 aliphatic carbocycles. The van der Waals surface area contributed by atoms with Gasteiger partial charge in [0, 0.05) is 5.92 Å². The number of carbonyl (C=O) groups is 2. The van der Waals surface area contributed by atoms with Gasteiger partial charge < -0.3 is 9.47 Å². The van der Waals surface area contributed by atoms with Gasteiger partial charge in [0.15, 0.2) is 0 Å². The highest BCUT2D eigenvalue weighted by Crippen LogP contribution is 2.52. The van der Waals surface area contributed by atoms with E-state index in [0.29, 0.717) is 30.0 Å². The van der Waals surface area contributed by atoms with Gasteiger partial charge in [0.2, 0.25) is 0 Å². The molecule has 1 aromatic carbocycles. The summed E-state index contributed by atoms with van der Waals surface area (Å²) in [7, 11) is 1.31. The average molecular weight is 321 g/mol. The Kier molecular flexibility index (Phi) is 3.73. The molecule has 1 aliphatic heterocycles. The lowest BCUT2D eigenvalue weighted by Gasteiger charge is -2.24. The molecule has 22 heavy (non-hydrogen) atoms. The highest BCUT2D eigenvalue weighted by Gasteiger charge is 2.55. The van der Waals surface area contributed by atoms with Crippen molar-refractivity contribution in [1.29, 1.82) is 0 Å². The summed E-state index contributed by atoms with van der Waals surface area (Å²) < 4.78 is 9.95. The molecule has 0 spiro atoms. The van der Waals surface area contributed by atoms with E-state index in [1.807, 2.05) is 6.07 Å². The Bertz CT molecular complexity index is 667. The number of benzene rings is 1. The molecule has 1 saturated heterocycles. The lowest BCUT2D eigenvalue weighted by Crippen LogP contribution is -2.31. The van der Waals surface area contributed by atoms with Crippen LogP contribution in [0.25, 0.3) is 0 Å². The van der Waals surface area contributed by atoms with Gasteiger partial charge in [0.1, 0.15) is 0 Å². The SMILES string of the molecule is C=C1CC2COC(=O)C2(Cc2ccc(C(=O)OC)c(Cl)c2)C1. The van der Waals surface area contributed by atoms with Gasteiger partial charge >= 0.3 is 11.9 Å². The monoisotopic (exact) mass is 320 g/mol. The van der Waals surface area contributed by atoms with Gasteiger partial charge in [0.05, 0.1) is 29.7 Å². The van der Waals surface area contributed by atoms with Gasteiger partial charge in [-0.05, 0) is 37.0 Å². The molecule has 4 nitrogen and oxygen atoms in total. The smallest absolute Gasteiger partial charge is 0.339 e. The number of hydrogen-bond acceptors (Lipinski definition) is 4. The van der Waals surface area contributed by atoms with Crippen LogP contribution in [0, 0.1) is 11.3 Å². The number of allylic oxidation sites excluding steroid dienone is 1. The summed E-state index contributed by atoms with van der Waals surface area (Å²) >= 11 is 6.16. The van der Waals surface area contributed by atoms with Gasteiger partial charge in [-0.1, -0.05) is 29.8 Å². The first-order valence-electron chi connectivity index (χ1n) is 7.17. The van der Waals surface area contributed by atoms with Crippen LogP contribution in [0.5, 0.6) is 0 Å². The summed E-state index contributed by atoms with van der Waals surface area (Å²) in [6.07, 6.45) is 2.04. The van der Waals surface area contributed by atoms with Gasteiger partial charge in [-0.15, -0.1) is 0 Å². The van der Waals surface area contributed by atoms with Crippen LogP contribution in [0.15, 0.2) is 30.4 Å². The number of methoxy groups -OCH3 is 1. The molecule has 1 aromatic rings. The van der Waals surface area contributed by atoms with Gasteiger partial charge in [-0.25, -0.2) is 4.79 Å². The van der Waals surface area contributed by atoms with Gasteiger partial charge in [-0.3, -0.25) is 4.79 Å². The highest BCUT2D eigenvalue weighted by atomic mass is 35.5. The fourth-order valence-electron chi connectivity index (χ4n) is 3.57. The highest BCUT2D eigenvalue weighted by molar-refractivity contribution is 6.33. The van der Waals surface area contributed by atoms with E-state index in [1.165, 1.54) is 7.11 Å². The fourth-order valence-corrected chi connectivity index (χ4v) is 3.85. The molecule has 3 rings (SSSR count). The standard InChI is InChI=1S/C17H17ClO4/c1-10-5-12-9-22-16(20)17(12,7-10)8-11-3-4-13(14(18)6-11)15(19)21-2/h3-4,6,12H,1,5,7-9H2,2H3. The molecule has 0 aromatic heterocycles. The maximum absolute atomic E-state index is 12.3. The summed E-state index contributed by atoms with van der Waals surface area (Å²) in [4.78, 5) is 23.8. The Hall–Kier alpha value is -1.81. The van der Waals surface area contributed by atoms with Gasteiger partial charge in [-0.2, -0.15) is 0 Å². The van der Waals surface area contributed by atoms with Crippen molar-refractivity contribution >= 4 is 23.5 Å². The van der Waals surface area contributed by atoms with E-state index in [1.54, 1.807) is 12.1 Å². The molecule has 1 saturated carbocycles. The molecule has 0 N–H and O–H groups in total. The number of halogens is 1. The minimum atomic E-state index is -0.521. The zero-order chi connectivity index (χ0) is 15.9. The van der Waals surface area contributed by atoms with Crippen LogP contribution in [-0.4, -0.2) is 25.7 Å². The van der Waals surface area contributed by atoms with E-state index in [2.05, 4.69) is 11.3 Å². The minimum Gasteiger partial charge on any atom is -0.465 e. The maximum Gasteiger partial charge on any atom is 0.339 e. The van der Waals surface area contributed by atoms with E-state index in [0.717, 1.165) is 17.6 Å². The van der Waals surface area contributed by atoms with Crippen molar-refractivity contribution in [3.05, 3.63) is 46.5 Å². The first-order valence-corrected chi connectivity index (χ1v) is 7.54. The minimum absolute atomic E-state index is 0.149. The molecular weight excluding hydrogens is 304 g/mol. The Morgan fingerprint density at radius 3 is 3.00 bits per heavy atom. The van der Waals surface area contributed by atoms with E-state index < -0.39 is 11.4 Å². The lowest BCUT2D eigenvalue weighted by molar-refractivity contribution is -0.146. The molecule has 0 bridgehead atoms. The van der Waals surface area contributed by atoms with Crippen LogP contribution < -0.4 is 0 Å². The van der Waals surface area contributed by atoms with Crippen molar-refractivity contribution in [2.24, 2.45) is 11.3 Å². The van der Waals surface area contributed by atoms with Crippen molar-refractivity contribution in [3.63, 3.8) is 0 Å². The molecule has 5 heteroatoms. The van der Waals surface area contributed by atoms with Crippen molar-refractivity contribution in [1.82, 2.24) is 0 Å². The number of fused-ring (bicyclic) bond motifs is 1. The molecule has 2 aliphatic rings. The summed E-state index contributed by atoms with van der Waals surface area (Å²) in [6, 6.07) is 5.18. The molecule has 2 atom stereocenters. The van der Waals surface area contributed by atoms with Crippen LogP contribution in [0.4, 0.5) is 0 Å². The van der Waals surface area contributed by atoms with Crippen molar-refractivity contribution in [3.8, 4) is 0 Å². The van der Waals surface area contributed by atoms with Crippen molar-refractivity contribution < 1.29 is 19.1 Å². The molecule has 116 valence electrons. The lowest BCUT2D eigenvalue weighted by atomic mass is 9.75. The second kappa shape index (κ2) is 5.43. The molecule has 1 heterocycles. The molecule has 0 radical (unpaired) electrons. The second-order valence-corrected chi connectivity index (χ2v) is 6.47. The number of carbonyl (C=O) groups excluding carboxylic acids is 2. The summed E-state index contributed by atoms with van der Waals surface area (Å²) in [6.45, 7) is 4.49. The van der Waals surface area contributed by atoms with Crippen LogP contribution in [0.2, 0.25) is 5.02 Å². The van der Waals surface area contributed by atoms with Gasteiger partial charge in [0.25, 0.3) is 0 Å². The largest absolute Gasteiger partial charge is 0.465 e. The summed E-state index contributed by atoms with van der Waals surface area (Å²) in [5.74, 6) is -0.432. The predicted octanol–water partition coefficient (Wildman–Crippen LogP) is 3.18. The van der Waals surface area contributed by atoms with Crippen LogP contribution in [0.1, 0.15) is 28.8 Å². The number of ether oxygens (including phenoxy) is 2. The predicted molar refractivity (Wildman–Crippen MR) is 81.8 cm³/mol. The Labute approximate surface area is 134 Å². The van der Waals surface area contributed by atoms with E-state index in [9.17, 15) is 9.59 Å². The number of rotatable bonds is 3. The maximum atomic E-state index is 12.3. The first kappa shape index (κ1) is 15.1. The second-order valence-electron chi connectivity index (χ2n) is 6.06. The third-order valence-electron chi connectivity index (χ3n) is 4.66. The third-order valence-corrected chi connectivity index (χ3v) is 4.98. The molecule has 2 fully saturated rings. The van der Waals surface area contributed by atoms with Crippen molar-refractivity contribution in [2.75, 3.05) is 13.7 Å². The molecular formula is C17H17ClO4. The number of cyclic esters (lactones) is 1. The summed E-state index contributed by atoms with van der Waals surface area (Å²) in [5, 5.41) is 0.334. The Morgan fingerprint density at radius 2 is 2.32 bits per heavy atom. The fraction of sp³-hybridized carbons (Fsp3) is 0.412. The average Bonchev–Trinajstić information content (AvgIpc) is 2.94. The number of hydrogen-bond donors (Lipinski definition) is 0. The van der Waals surface area contributed by atoms with E-state index in [-0.39, 0.29) is 11.9 Å². The topological polar surface area (TPSA) is 52.6 Å². The molecule has 0 amide bonds. The zero-order valence-corrected chi connectivity index (χ0v) is 13.1.